The summed E-state index contributed by atoms with van der Waals surface area (Å²) >= 11 is 7.12. The quantitative estimate of drug-likeness (QED) is 0.387. The van der Waals surface area contributed by atoms with E-state index in [4.69, 9.17) is 11.6 Å². The van der Waals surface area contributed by atoms with Gasteiger partial charge in [0.15, 0.2) is 0 Å². The fraction of sp³-hybridized carbons (Fsp3) is 0.130. The summed E-state index contributed by atoms with van der Waals surface area (Å²) in [5.41, 5.74) is 1.44. The number of amides is 2. The minimum Gasteiger partial charge on any atom is -0.355 e. The summed E-state index contributed by atoms with van der Waals surface area (Å²) in [6.45, 7) is 0.294. The highest BCUT2D eigenvalue weighted by Gasteiger charge is 2.20. The maximum Gasteiger partial charge on any atom is 0.284 e. The van der Waals surface area contributed by atoms with E-state index in [0.29, 0.717) is 22.0 Å². The average molecular weight is 470 g/mol. The molecule has 7 nitrogen and oxygen atoms in total. The topological polar surface area (TPSA) is 92.6 Å². The monoisotopic (exact) mass is 469 g/mol. The second-order valence-corrected chi connectivity index (χ2v) is 8.48. The Hall–Kier alpha value is -3.36. The number of hydrogen-bond acceptors (Lipinski definition) is 5. The number of nitro groups is 1. The molecule has 0 aliphatic rings. The molecule has 0 aromatic heterocycles. The zero-order valence-corrected chi connectivity index (χ0v) is 18.9. The van der Waals surface area contributed by atoms with Gasteiger partial charge in [0.25, 0.3) is 17.5 Å². The van der Waals surface area contributed by atoms with Crippen LogP contribution in [0.1, 0.15) is 26.3 Å². The van der Waals surface area contributed by atoms with Crippen LogP contribution < -0.4 is 5.32 Å². The van der Waals surface area contributed by atoms with Crippen LogP contribution >= 0.6 is 23.4 Å². The van der Waals surface area contributed by atoms with E-state index in [-0.39, 0.29) is 23.1 Å². The Balaban J connectivity index is 1.76. The van der Waals surface area contributed by atoms with E-state index in [2.05, 4.69) is 5.32 Å². The molecule has 0 aliphatic carbocycles. The Bertz CT molecular complexity index is 1150. The molecule has 0 heterocycles. The fourth-order valence-electron chi connectivity index (χ4n) is 2.98. The van der Waals surface area contributed by atoms with E-state index in [1.165, 1.54) is 22.7 Å². The van der Waals surface area contributed by atoms with Crippen LogP contribution in [-0.4, -0.2) is 35.7 Å². The summed E-state index contributed by atoms with van der Waals surface area (Å²) in [6.07, 6.45) is 0. The summed E-state index contributed by atoms with van der Waals surface area (Å²) in [6, 6.07) is 18.3. The van der Waals surface area contributed by atoms with Crippen molar-refractivity contribution in [1.29, 1.82) is 0 Å². The molecule has 2 amide bonds. The van der Waals surface area contributed by atoms with Gasteiger partial charge in [-0.15, -0.1) is 0 Å². The molecule has 0 fully saturated rings. The third kappa shape index (κ3) is 5.66. The third-order valence-corrected chi connectivity index (χ3v) is 5.98. The van der Waals surface area contributed by atoms with Crippen LogP contribution in [0.4, 0.5) is 5.69 Å². The van der Waals surface area contributed by atoms with Crippen molar-refractivity contribution >= 4 is 40.9 Å². The van der Waals surface area contributed by atoms with E-state index >= 15 is 0 Å². The van der Waals surface area contributed by atoms with Crippen molar-refractivity contribution in [3.63, 3.8) is 0 Å². The maximum atomic E-state index is 12.9. The predicted octanol–water partition coefficient (Wildman–Crippen LogP) is 5.03. The lowest BCUT2D eigenvalue weighted by molar-refractivity contribution is -0.387. The van der Waals surface area contributed by atoms with Gasteiger partial charge >= 0.3 is 0 Å². The molecule has 0 bridgehead atoms. The number of nitrogens with one attached hydrogen (secondary N) is 1. The van der Waals surface area contributed by atoms with Crippen molar-refractivity contribution in [1.82, 2.24) is 10.2 Å². The molecule has 32 heavy (non-hydrogen) atoms. The molecule has 0 atom stereocenters. The van der Waals surface area contributed by atoms with Crippen LogP contribution in [0.25, 0.3) is 0 Å². The summed E-state index contributed by atoms with van der Waals surface area (Å²) in [5.74, 6) is -0.531. The Kier molecular flexibility index (Phi) is 7.50. The predicted molar refractivity (Wildman–Crippen MR) is 124 cm³/mol. The lowest BCUT2D eigenvalue weighted by Crippen LogP contribution is -2.26. The molecule has 9 heteroatoms. The molecule has 3 aromatic rings. The fourth-order valence-corrected chi connectivity index (χ4v) is 4.01. The van der Waals surface area contributed by atoms with Gasteiger partial charge in [-0.1, -0.05) is 35.5 Å². The second kappa shape index (κ2) is 10.3. The molecule has 164 valence electrons. The summed E-state index contributed by atoms with van der Waals surface area (Å²) in [7, 11) is 3.18. The van der Waals surface area contributed by atoms with Gasteiger partial charge in [-0.05, 0) is 54.1 Å². The zero-order valence-electron chi connectivity index (χ0n) is 17.4. The minimum atomic E-state index is -0.494. The number of nitrogens with zero attached hydrogens (tertiary/aromatic N) is 2. The molecule has 0 spiro atoms. The number of nitro benzene ring substituents is 1. The standard InChI is InChI=1S/C23H20ClN3O4S/c1-25-22(28)16-5-3-15(4-6-16)14-26(2)23(29)17-7-12-21(20(13-17)27(30)31)32-19-10-8-18(24)9-11-19/h3-13H,14H2,1-2H3,(H,25,28). The van der Waals surface area contributed by atoms with Crippen molar-refractivity contribution in [2.24, 2.45) is 0 Å². The molecule has 0 radical (unpaired) electrons. The number of hydrogen-bond donors (Lipinski definition) is 1. The Morgan fingerprint density at radius 2 is 1.66 bits per heavy atom. The van der Waals surface area contributed by atoms with Gasteiger partial charge < -0.3 is 10.2 Å². The second-order valence-electron chi connectivity index (χ2n) is 6.93. The Labute approximate surface area is 194 Å². The molecule has 0 saturated carbocycles. The first kappa shape index (κ1) is 23.3. The van der Waals surface area contributed by atoms with Crippen molar-refractivity contribution in [2.45, 2.75) is 16.3 Å². The first-order valence-electron chi connectivity index (χ1n) is 9.57. The van der Waals surface area contributed by atoms with Crippen LogP contribution in [0.15, 0.2) is 76.5 Å². The third-order valence-electron chi connectivity index (χ3n) is 4.65. The van der Waals surface area contributed by atoms with Gasteiger partial charge in [0.1, 0.15) is 0 Å². The highest BCUT2D eigenvalue weighted by atomic mass is 35.5. The summed E-state index contributed by atoms with van der Waals surface area (Å²) in [5, 5.41) is 14.8. The number of benzene rings is 3. The lowest BCUT2D eigenvalue weighted by Gasteiger charge is -2.18. The maximum absolute atomic E-state index is 12.9. The van der Waals surface area contributed by atoms with Gasteiger partial charge in [0.2, 0.25) is 0 Å². The first-order chi connectivity index (χ1) is 15.3. The molecular weight excluding hydrogens is 450 g/mol. The largest absolute Gasteiger partial charge is 0.355 e. The number of rotatable bonds is 7. The molecule has 3 aromatic carbocycles. The zero-order chi connectivity index (χ0) is 23.3. The van der Waals surface area contributed by atoms with Crippen LogP contribution in [0, 0.1) is 10.1 Å². The number of carbonyl (C=O) groups is 2. The van der Waals surface area contributed by atoms with Gasteiger partial charge in [0, 0.05) is 47.8 Å². The normalized spacial score (nSPS) is 10.5. The van der Waals surface area contributed by atoms with E-state index in [9.17, 15) is 19.7 Å². The van der Waals surface area contributed by atoms with Crippen molar-refractivity contribution < 1.29 is 14.5 Å². The summed E-state index contributed by atoms with van der Waals surface area (Å²) in [4.78, 5) is 38.4. The van der Waals surface area contributed by atoms with Gasteiger partial charge in [-0.3, -0.25) is 19.7 Å². The van der Waals surface area contributed by atoms with Gasteiger partial charge in [-0.25, -0.2) is 0 Å². The van der Waals surface area contributed by atoms with Crippen LogP contribution in [0.2, 0.25) is 5.02 Å². The van der Waals surface area contributed by atoms with Crippen LogP contribution in [-0.2, 0) is 6.54 Å². The SMILES string of the molecule is CNC(=O)c1ccc(CN(C)C(=O)c2ccc(Sc3ccc(Cl)cc3)c([N+](=O)[O-])c2)cc1. The number of halogens is 1. The molecule has 0 aliphatic heterocycles. The van der Waals surface area contributed by atoms with E-state index in [1.54, 1.807) is 74.8 Å². The Morgan fingerprint density at radius 1 is 1.03 bits per heavy atom. The van der Waals surface area contributed by atoms with Crippen LogP contribution in [0.5, 0.6) is 0 Å². The van der Waals surface area contributed by atoms with Crippen LogP contribution in [0.3, 0.4) is 0 Å². The smallest absolute Gasteiger partial charge is 0.284 e. The highest BCUT2D eigenvalue weighted by Crippen LogP contribution is 2.36. The number of carbonyl (C=O) groups excluding carboxylic acids is 2. The van der Waals surface area contributed by atoms with E-state index < -0.39 is 4.92 Å². The molecule has 1 N–H and O–H groups in total. The van der Waals surface area contributed by atoms with Crippen molar-refractivity contribution in [3.8, 4) is 0 Å². The van der Waals surface area contributed by atoms with Gasteiger partial charge in [-0.2, -0.15) is 0 Å². The van der Waals surface area contributed by atoms with Crippen molar-refractivity contribution in [3.05, 3.63) is 98.6 Å². The Morgan fingerprint density at radius 3 is 2.25 bits per heavy atom. The molecule has 3 rings (SSSR count). The minimum absolute atomic E-state index is 0.140. The molecular formula is C23H20ClN3O4S. The molecule has 0 unspecified atom stereocenters. The average Bonchev–Trinajstić information content (AvgIpc) is 2.80. The molecule has 0 saturated heterocycles. The first-order valence-corrected chi connectivity index (χ1v) is 10.8. The van der Waals surface area contributed by atoms with E-state index in [1.807, 2.05) is 0 Å². The van der Waals surface area contributed by atoms with Gasteiger partial charge in [0.05, 0.1) is 9.82 Å². The lowest BCUT2D eigenvalue weighted by atomic mass is 10.1. The van der Waals surface area contributed by atoms with E-state index in [0.717, 1.165) is 10.5 Å². The van der Waals surface area contributed by atoms with Crippen molar-refractivity contribution in [2.75, 3.05) is 14.1 Å². The summed E-state index contributed by atoms with van der Waals surface area (Å²) < 4.78 is 0. The highest BCUT2D eigenvalue weighted by molar-refractivity contribution is 7.99.